The van der Waals surface area contributed by atoms with Crippen LogP contribution in [0.4, 0.5) is 0 Å². The summed E-state index contributed by atoms with van der Waals surface area (Å²) >= 11 is 1.74. The monoisotopic (exact) mass is 479 g/mol. The van der Waals surface area contributed by atoms with E-state index < -0.39 is 0 Å². The molecule has 1 aromatic heterocycles. The second-order valence-electron chi connectivity index (χ2n) is 6.33. The van der Waals surface area contributed by atoms with E-state index in [1.807, 2.05) is 0 Å². The van der Waals surface area contributed by atoms with Crippen LogP contribution in [-0.4, -0.2) is 61.1 Å². The van der Waals surface area contributed by atoms with Crippen LogP contribution in [0.2, 0.25) is 0 Å². The van der Waals surface area contributed by atoms with Gasteiger partial charge in [-0.05, 0) is 61.4 Å². The van der Waals surface area contributed by atoms with E-state index in [1.54, 1.807) is 11.3 Å². The predicted octanol–water partition coefficient (Wildman–Crippen LogP) is 3.14. The van der Waals surface area contributed by atoms with E-state index in [0.717, 1.165) is 26.2 Å². The fraction of sp³-hybridized carbons (Fsp3) is 0.722. The summed E-state index contributed by atoms with van der Waals surface area (Å²) in [5.41, 5.74) is 7.47. The fourth-order valence-electron chi connectivity index (χ4n) is 3.57. The van der Waals surface area contributed by atoms with Crippen LogP contribution in [0.5, 0.6) is 0 Å². The van der Waals surface area contributed by atoms with Crippen LogP contribution in [0.25, 0.3) is 0 Å². The van der Waals surface area contributed by atoms with E-state index >= 15 is 0 Å². The average Bonchev–Trinajstić information content (AvgIpc) is 3.27. The standard InChI is InChI=1S/C18H33N5S.HI/c1-4-22(5-2)17(15-9-11-24-14-15)13-21-18(19)20-12-16-8-7-10-23(16)6-3;/h9,11,14,16-17H,4-8,10,12-13H2,1-3H3,(H3,19,20,21);1H. The molecule has 1 aliphatic heterocycles. The number of aliphatic imine (C=N–C) groups is 1. The van der Waals surface area contributed by atoms with E-state index in [4.69, 9.17) is 5.73 Å². The summed E-state index contributed by atoms with van der Waals surface area (Å²) in [6.45, 7) is 12.6. The van der Waals surface area contributed by atoms with Gasteiger partial charge in [0, 0.05) is 12.6 Å². The summed E-state index contributed by atoms with van der Waals surface area (Å²) in [6, 6.07) is 3.11. The molecule has 5 nitrogen and oxygen atoms in total. The summed E-state index contributed by atoms with van der Waals surface area (Å²) in [5.74, 6) is 0.574. The Morgan fingerprint density at radius 3 is 2.80 bits per heavy atom. The highest BCUT2D eigenvalue weighted by molar-refractivity contribution is 14.0. The van der Waals surface area contributed by atoms with Crippen molar-refractivity contribution in [2.45, 2.75) is 45.7 Å². The summed E-state index contributed by atoms with van der Waals surface area (Å²) in [4.78, 5) is 9.59. The molecule has 0 aromatic carbocycles. The number of rotatable bonds is 9. The number of guanidine groups is 1. The minimum Gasteiger partial charge on any atom is -0.370 e. The Bertz CT molecular complexity index is 490. The third-order valence-corrected chi connectivity index (χ3v) is 5.74. The van der Waals surface area contributed by atoms with Crippen molar-refractivity contribution < 1.29 is 0 Å². The Balaban J connectivity index is 0.00000312. The molecule has 1 fully saturated rings. The number of hydrogen-bond donors (Lipinski definition) is 2. The first kappa shape index (κ1) is 22.7. The Morgan fingerprint density at radius 2 is 2.20 bits per heavy atom. The van der Waals surface area contributed by atoms with Gasteiger partial charge in [0.2, 0.25) is 0 Å². The van der Waals surface area contributed by atoms with Crippen molar-refractivity contribution in [3.63, 3.8) is 0 Å². The van der Waals surface area contributed by atoms with Crippen molar-refractivity contribution in [3.8, 4) is 0 Å². The SMILES string of the molecule is CCN1CCCC1CNC(N)=NCC(c1ccsc1)N(CC)CC.I. The van der Waals surface area contributed by atoms with E-state index in [2.05, 4.69) is 57.7 Å². The number of nitrogens with zero attached hydrogens (tertiary/aromatic N) is 3. The summed E-state index contributed by atoms with van der Waals surface area (Å²) in [5, 5.41) is 7.69. The van der Waals surface area contributed by atoms with Gasteiger partial charge in [0.25, 0.3) is 0 Å². The first-order valence-electron chi connectivity index (χ1n) is 9.23. The minimum absolute atomic E-state index is 0. The van der Waals surface area contributed by atoms with Crippen LogP contribution < -0.4 is 11.1 Å². The Labute approximate surface area is 174 Å². The highest BCUT2D eigenvalue weighted by atomic mass is 127. The zero-order valence-corrected chi connectivity index (χ0v) is 18.9. The molecular formula is C18H34IN5S. The molecule has 3 N–H and O–H groups in total. The zero-order valence-electron chi connectivity index (χ0n) is 15.8. The van der Waals surface area contributed by atoms with Crippen molar-refractivity contribution in [1.29, 1.82) is 0 Å². The molecule has 0 amide bonds. The Kier molecular flexibility index (Phi) is 11.0. The van der Waals surface area contributed by atoms with Gasteiger partial charge in [-0.1, -0.05) is 20.8 Å². The van der Waals surface area contributed by atoms with Crippen LogP contribution in [0, 0.1) is 0 Å². The van der Waals surface area contributed by atoms with E-state index in [0.29, 0.717) is 24.6 Å². The van der Waals surface area contributed by atoms with Crippen molar-refractivity contribution in [2.75, 3.05) is 39.3 Å². The number of nitrogens with one attached hydrogen (secondary N) is 1. The van der Waals surface area contributed by atoms with Crippen molar-refractivity contribution in [1.82, 2.24) is 15.1 Å². The molecule has 25 heavy (non-hydrogen) atoms. The van der Waals surface area contributed by atoms with Gasteiger partial charge in [-0.25, -0.2) is 0 Å². The maximum atomic E-state index is 6.13. The molecule has 2 heterocycles. The summed E-state index contributed by atoms with van der Waals surface area (Å²) < 4.78 is 0. The highest BCUT2D eigenvalue weighted by Gasteiger charge is 2.23. The number of hydrogen-bond acceptors (Lipinski definition) is 4. The first-order chi connectivity index (χ1) is 11.7. The minimum atomic E-state index is 0. The molecule has 7 heteroatoms. The van der Waals surface area contributed by atoms with Gasteiger partial charge < -0.3 is 11.1 Å². The molecule has 0 radical (unpaired) electrons. The van der Waals surface area contributed by atoms with Crippen LogP contribution in [0.3, 0.4) is 0 Å². The second-order valence-corrected chi connectivity index (χ2v) is 7.11. The van der Waals surface area contributed by atoms with Gasteiger partial charge in [-0.15, -0.1) is 24.0 Å². The highest BCUT2D eigenvalue weighted by Crippen LogP contribution is 2.23. The smallest absolute Gasteiger partial charge is 0.188 e. The van der Waals surface area contributed by atoms with Gasteiger partial charge in [0.05, 0.1) is 12.6 Å². The van der Waals surface area contributed by atoms with Crippen LogP contribution in [-0.2, 0) is 0 Å². The quantitative estimate of drug-likeness (QED) is 0.325. The predicted molar refractivity (Wildman–Crippen MR) is 120 cm³/mol. The van der Waals surface area contributed by atoms with Crippen molar-refractivity contribution >= 4 is 41.3 Å². The summed E-state index contributed by atoms with van der Waals surface area (Å²) in [7, 11) is 0. The molecule has 0 saturated carbocycles. The van der Waals surface area contributed by atoms with Gasteiger partial charge in [0.1, 0.15) is 0 Å². The molecule has 1 saturated heterocycles. The number of nitrogens with two attached hydrogens (primary N) is 1. The van der Waals surface area contributed by atoms with Crippen LogP contribution >= 0.6 is 35.3 Å². The largest absolute Gasteiger partial charge is 0.370 e. The van der Waals surface area contributed by atoms with E-state index in [9.17, 15) is 0 Å². The number of likely N-dealkylation sites (N-methyl/N-ethyl adjacent to an activating group) is 2. The fourth-order valence-corrected chi connectivity index (χ4v) is 4.27. The second kappa shape index (κ2) is 12.1. The van der Waals surface area contributed by atoms with Crippen LogP contribution in [0.1, 0.15) is 45.2 Å². The topological polar surface area (TPSA) is 56.9 Å². The van der Waals surface area contributed by atoms with Crippen molar-refractivity contribution in [2.24, 2.45) is 10.7 Å². The lowest BCUT2D eigenvalue weighted by atomic mass is 10.1. The molecule has 1 aliphatic rings. The van der Waals surface area contributed by atoms with Crippen LogP contribution in [0.15, 0.2) is 21.8 Å². The molecular weight excluding hydrogens is 445 g/mol. The molecule has 0 bridgehead atoms. The third-order valence-electron chi connectivity index (χ3n) is 5.04. The van der Waals surface area contributed by atoms with Gasteiger partial charge in [0.15, 0.2) is 5.96 Å². The average molecular weight is 479 g/mol. The third kappa shape index (κ3) is 6.69. The molecule has 2 atom stereocenters. The Hall–Kier alpha value is -0.380. The maximum absolute atomic E-state index is 6.13. The summed E-state index contributed by atoms with van der Waals surface area (Å²) in [6.07, 6.45) is 2.55. The van der Waals surface area contributed by atoms with Gasteiger partial charge >= 0.3 is 0 Å². The van der Waals surface area contributed by atoms with Crippen molar-refractivity contribution in [3.05, 3.63) is 22.4 Å². The molecule has 2 unspecified atom stereocenters. The lowest BCUT2D eigenvalue weighted by Gasteiger charge is -2.28. The van der Waals surface area contributed by atoms with E-state index in [-0.39, 0.29) is 24.0 Å². The Morgan fingerprint density at radius 1 is 1.44 bits per heavy atom. The zero-order chi connectivity index (χ0) is 17.4. The van der Waals surface area contributed by atoms with Gasteiger partial charge in [-0.3, -0.25) is 14.8 Å². The lowest BCUT2D eigenvalue weighted by molar-refractivity contribution is 0.224. The normalized spacial score (nSPS) is 19.8. The first-order valence-corrected chi connectivity index (χ1v) is 10.2. The molecule has 0 spiro atoms. The number of thiophene rings is 1. The number of likely N-dealkylation sites (tertiary alicyclic amines) is 1. The van der Waals surface area contributed by atoms with Gasteiger partial charge in [-0.2, -0.15) is 11.3 Å². The molecule has 0 aliphatic carbocycles. The number of halogens is 1. The molecule has 1 aromatic rings. The van der Waals surface area contributed by atoms with E-state index in [1.165, 1.54) is 24.9 Å². The molecule has 144 valence electrons. The lowest BCUT2D eigenvalue weighted by Crippen LogP contribution is -2.43. The molecule has 2 rings (SSSR count). The maximum Gasteiger partial charge on any atom is 0.188 e.